The second kappa shape index (κ2) is 3.15. The summed E-state index contributed by atoms with van der Waals surface area (Å²) in [4.78, 5) is 16.8. The molecular formula is C12H18N2O2. The zero-order chi connectivity index (χ0) is 12.1. The Morgan fingerprint density at radius 2 is 2.00 bits per heavy atom. The average Bonchev–Trinajstić information content (AvgIpc) is 2.19. The van der Waals surface area contributed by atoms with Gasteiger partial charge in [-0.3, -0.25) is 9.79 Å². The predicted octanol–water partition coefficient (Wildman–Crippen LogP) is 1.70. The average molecular weight is 222 g/mol. The van der Waals surface area contributed by atoms with Crippen LogP contribution < -0.4 is 0 Å². The van der Waals surface area contributed by atoms with E-state index in [1.54, 1.807) is 13.8 Å². The maximum absolute atomic E-state index is 12.2. The van der Waals surface area contributed by atoms with Crippen LogP contribution in [0.1, 0.15) is 47.0 Å². The molecule has 0 aromatic heterocycles. The van der Waals surface area contributed by atoms with Crippen LogP contribution in [0.3, 0.4) is 0 Å². The van der Waals surface area contributed by atoms with Gasteiger partial charge < -0.3 is 5.21 Å². The first-order chi connectivity index (χ1) is 7.31. The second-order valence-electron chi connectivity index (χ2n) is 5.32. The number of hydrogen-bond acceptors (Lipinski definition) is 3. The minimum absolute atomic E-state index is 0.00319. The van der Waals surface area contributed by atoms with E-state index in [0.29, 0.717) is 6.42 Å². The van der Waals surface area contributed by atoms with E-state index >= 15 is 0 Å². The Morgan fingerprint density at radius 1 is 1.38 bits per heavy atom. The van der Waals surface area contributed by atoms with Gasteiger partial charge in [0, 0.05) is 26.0 Å². The lowest BCUT2D eigenvalue weighted by atomic mass is 9.68. The Bertz CT molecular complexity index is 425. The molecule has 0 aliphatic carbocycles. The molecule has 0 fully saturated rings. The van der Waals surface area contributed by atoms with E-state index in [1.165, 1.54) is 0 Å². The highest BCUT2D eigenvalue weighted by Crippen LogP contribution is 2.41. The largest absolute Gasteiger partial charge is 0.623 e. The van der Waals surface area contributed by atoms with Crippen LogP contribution in [0.5, 0.6) is 0 Å². The third kappa shape index (κ3) is 1.19. The van der Waals surface area contributed by atoms with Gasteiger partial charge in [0.05, 0.1) is 6.42 Å². The fraction of sp³-hybridized carbons (Fsp3) is 0.750. The predicted molar refractivity (Wildman–Crippen MR) is 63.1 cm³/mol. The normalized spacial score (nSPS) is 39.5. The number of fused-ring (bicyclic) bond motifs is 1. The maximum atomic E-state index is 12.2. The SMILES string of the molecule is CC1=N[C@]2(C)CCC(C)=[N+]([O-])[C@@]2(C)C(=O)C1. The van der Waals surface area contributed by atoms with Crippen LogP contribution in [0.15, 0.2) is 4.99 Å². The zero-order valence-electron chi connectivity index (χ0n) is 10.3. The topological polar surface area (TPSA) is 55.5 Å². The van der Waals surface area contributed by atoms with E-state index in [0.717, 1.165) is 29.0 Å². The van der Waals surface area contributed by atoms with Crippen LogP contribution in [0, 0.1) is 5.21 Å². The second-order valence-corrected chi connectivity index (χ2v) is 5.32. The highest BCUT2D eigenvalue weighted by Gasteiger charge is 2.61. The third-order valence-electron chi connectivity index (χ3n) is 4.17. The fourth-order valence-electron chi connectivity index (χ4n) is 2.81. The van der Waals surface area contributed by atoms with Gasteiger partial charge in [-0.05, 0) is 20.3 Å². The van der Waals surface area contributed by atoms with E-state index in [2.05, 4.69) is 4.99 Å². The number of ketones is 1. The number of hydrogen-bond donors (Lipinski definition) is 0. The van der Waals surface area contributed by atoms with Crippen LogP contribution in [0.4, 0.5) is 0 Å². The molecule has 2 aliphatic rings. The highest BCUT2D eigenvalue weighted by molar-refractivity contribution is 6.08. The summed E-state index contributed by atoms with van der Waals surface area (Å²) in [6.07, 6.45) is 1.80. The molecular weight excluding hydrogens is 204 g/mol. The highest BCUT2D eigenvalue weighted by atomic mass is 16.5. The van der Waals surface area contributed by atoms with E-state index < -0.39 is 11.1 Å². The van der Waals surface area contributed by atoms with Crippen molar-refractivity contribution in [3.05, 3.63) is 5.21 Å². The van der Waals surface area contributed by atoms with Gasteiger partial charge in [-0.1, -0.05) is 0 Å². The fourth-order valence-corrected chi connectivity index (χ4v) is 2.81. The lowest BCUT2D eigenvalue weighted by molar-refractivity contribution is -0.546. The van der Waals surface area contributed by atoms with E-state index in [-0.39, 0.29) is 5.78 Å². The Morgan fingerprint density at radius 3 is 2.62 bits per heavy atom. The summed E-state index contributed by atoms with van der Waals surface area (Å²) >= 11 is 0. The van der Waals surface area contributed by atoms with Gasteiger partial charge in [0.15, 0.2) is 5.71 Å². The molecule has 4 heteroatoms. The first-order valence-corrected chi connectivity index (χ1v) is 5.70. The standard InChI is InChI=1S/C12H18N2O2/c1-8-7-10(15)12(4)11(3,13-8)6-5-9(2)14(12)16/h5-7H2,1-4H3/t11-,12+/m1/s1. The van der Waals surface area contributed by atoms with Crippen molar-refractivity contribution in [2.45, 2.75) is 58.0 Å². The smallest absolute Gasteiger partial charge is 0.252 e. The van der Waals surface area contributed by atoms with Crippen molar-refractivity contribution >= 4 is 17.2 Å². The number of carbonyl (C=O) groups is 1. The van der Waals surface area contributed by atoms with Crippen molar-refractivity contribution in [2.24, 2.45) is 4.99 Å². The van der Waals surface area contributed by atoms with Crippen molar-refractivity contribution in [1.82, 2.24) is 0 Å². The Kier molecular flexibility index (Phi) is 2.23. The molecule has 4 nitrogen and oxygen atoms in total. The van der Waals surface area contributed by atoms with E-state index in [9.17, 15) is 10.0 Å². The molecule has 0 bridgehead atoms. The summed E-state index contributed by atoms with van der Waals surface area (Å²) in [6.45, 7) is 7.32. The number of aliphatic imine (C=N–C) groups is 1. The minimum Gasteiger partial charge on any atom is -0.623 e. The monoisotopic (exact) mass is 222 g/mol. The van der Waals surface area contributed by atoms with Crippen LogP contribution >= 0.6 is 0 Å². The Hall–Kier alpha value is -1.19. The Balaban J connectivity index is 2.65. The van der Waals surface area contributed by atoms with Crippen LogP contribution in [-0.4, -0.2) is 33.0 Å². The van der Waals surface area contributed by atoms with Crippen molar-refractivity contribution in [3.63, 3.8) is 0 Å². The van der Waals surface area contributed by atoms with Gasteiger partial charge in [-0.15, -0.1) is 0 Å². The molecule has 0 N–H and O–H groups in total. The van der Waals surface area contributed by atoms with Crippen LogP contribution in [0.2, 0.25) is 0 Å². The summed E-state index contributed by atoms with van der Waals surface area (Å²) in [5.74, 6) is -0.00319. The zero-order valence-corrected chi connectivity index (χ0v) is 10.3. The van der Waals surface area contributed by atoms with Crippen molar-refractivity contribution in [3.8, 4) is 0 Å². The molecule has 0 spiro atoms. The van der Waals surface area contributed by atoms with Crippen molar-refractivity contribution < 1.29 is 9.53 Å². The molecule has 0 saturated heterocycles. The van der Waals surface area contributed by atoms with Gasteiger partial charge in [0.25, 0.3) is 5.54 Å². The molecule has 88 valence electrons. The van der Waals surface area contributed by atoms with E-state index in [1.807, 2.05) is 13.8 Å². The molecule has 2 heterocycles. The lowest BCUT2D eigenvalue weighted by Crippen LogP contribution is -2.65. The summed E-state index contributed by atoms with van der Waals surface area (Å²) < 4.78 is 0.898. The molecule has 2 rings (SSSR count). The third-order valence-corrected chi connectivity index (χ3v) is 4.17. The van der Waals surface area contributed by atoms with Crippen LogP contribution in [-0.2, 0) is 4.79 Å². The molecule has 0 aromatic carbocycles. The lowest BCUT2D eigenvalue weighted by Gasteiger charge is -2.46. The summed E-state index contributed by atoms with van der Waals surface area (Å²) in [7, 11) is 0. The first kappa shape index (κ1) is 11.3. The van der Waals surface area contributed by atoms with Crippen LogP contribution in [0.25, 0.3) is 0 Å². The molecule has 2 atom stereocenters. The van der Waals surface area contributed by atoms with Gasteiger partial charge in [0.1, 0.15) is 5.54 Å². The van der Waals surface area contributed by atoms with Gasteiger partial charge in [-0.2, -0.15) is 4.74 Å². The first-order valence-electron chi connectivity index (χ1n) is 5.70. The number of Topliss-reactive ketones (excluding diaryl/α,β-unsaturated/α-hetero) is 1. The van der Waals surface area contributed by atoms with Gasteiger partial charge in [0.2, 0.25) is 5.78 Å². The Labute approximate surface area is 95.7 Å². The minimum atomic E-state index is -1.01. The quantitative estimate of drug-likeness (QED) is 0.462. The van der Waals surface area contributed by atoms with Crippen molar-refractivity contribution in [1.29, 1.82) is 0 Å². The van der Waals surface area contributed by atoms with Crippen molar-refractivity contribution in [2.75, 3.05) is 0 Å². The molecule has 0 amide bonds. The van der Waals surface area contributed by atoms with Gasteiger partial charge >= 0.3 is 0 Å². The molecule has 0 unspecified atom stereocenters. The summed E-state index contributed by atoms with van der Waals surface area (Å²) in [5.41, 5.74) is 0.0173. The molecule has 0 radical (unpaired) electrons. The summed E-state index contributed by atoms with van der Waals surface area (Å²) in [5, 5.41) is 12.2. The number of hydroxylamine groups is 1. The van der Waals surface area contributed by atoms with Gasteiger partial charge in [-0.25, -0.2) is 0 Å². The molecule has 2 aliphatic heterocycles. The number of carbonyl (C=O) groups excluding carboxylic acids is 1. The summed E-state index contributed by atoms with van der Waals surface area (Å²) in [6, 6.07) is 0. The molecule has 0 saturated carbocycles. The number of rotatable bonds is 0. The molecule has 0 aromatic rings. The molecule has 16 heavy (non-hydrogen) atoms. The number of nitrogens with zero attached hydrogens (tertiary/aromatic N) is 2. The maximum Gasteiger partial charge on any atom is 0.252 e. The van der Waals surface area contributed by atoms with E-state index in [4.69, 9.17) is 0 Å².